The molecule has 0 aromatic heterocycles. The number of carboxylic acid groups (broad SMARTS) is 1. The van der Waals surface area contributed by atoms with Gasteiger partial charge in [0.25, 0.3) is 5.92 Å². The second-order valence-corrected chi connectivity index (χ2v) is 8.68. The van der Waals surface area contributed by atoms with Crippen LogP contribution in [0.3, 0.4) is 0 Å². The first-order chi connectivity index (χ1) is 13.4. The van der Waals surface area contributed by atoms with E-state index in [0.29, 0.717) is 26.1 Å². The van der Waals surface area contributed by atoms with E-state index in [1.165, 1.54) is 0 Å². The molecule has 1 spiro atoms. The number of hydrogen-bond acceptors (Lipinski definition) is 2. The van der Waals surface area contributed by atoms with Gasteiger partial charge in [-0.25, -0.2) is 8.78 Å². The molecule has 0 atom stereocenters. The molecule has 8 heteroatoms. The van der Waals surface area contributed by atoms with Crippen LogP contribution in [0.15, 0.2) is 18.2 Å². The topological polar surface area (TPSA) is 40.5 Å². The third-order valence-electron chi connectivity index (χ3n) is 6.57. The smallest absolute Gasteiger partial charge is 0.416 e. The molecule has 162 valence electrons. The maximum Gasteiger partial charge on any atom is 0.416 e. The summed E-state index contributed by atoms with van der Waals surface area (Å²) in [6, 6.07) is 2.65. The van der Waals surface area contributed by atoms with E-state index >= 15 is 0 Å². The number of anilines is 1. The van der Waals surface area contributed by atoms with E-state index in [4.69, 9.17) is 5.11 Å². The van der Waals surface area contributed by atoms with E-state index in [2.05, 4.69) is 0 Å². The molecule has 1 heterocycles. The number of carbonyl (C=O) groups is 1. The summed E-state index contributed by atoms with van der Waals surface area (Å²) in [5, 5.41) is 8.95. The van der Waals surface area contributed by atoms with Crippen LogP contribution < -0.4 is 4.90 Å². The van der Waals surface area contributed by atoms with Crippen LogP contribution in [0.1, 0.15) is 63.0 Å². The minimum absolute atomic E-state index is 0.0880. The van der Waals surface area contributed by atoms with Crippen molar-refractivity contribution in [3.05, 3.63) is 29.3 Å². The van der Waals surface area contributed by atoms with Crippen molar-refractivity contribution in [2.45, 2.75) is 64.0 Å². The Morgan fingerprint density at radius 3 is 2.07 bits per heavy atom. The highest BCUT2D eigenvalue weighted by Crippen LogP contribution is 2.48. The molecule has 2 aliphatic rings. The largest absolute Gasteiger partial charge is 0.481 e. The maximum atomic E-state index is 13.8. The number of alkyl halides is 5. The summed E-state index contributed by atoms with van der Waals surface area (Å²) in [7, 11) is 0. The van der Waals surface area contributed by atoms with Gasteiger partial charge in [0.05, 0.1) is 5.56 Å². The van der Waals surface area contributed by atoms with Crippen LogP contribution in [-0.2, 0) is 16.9 Å². The highest BCUT2D eigenvalue weighted by molar-refractivity contribution is 5.67. The molecule has 0 unspecified atom stereocenters. The lowest BCUT2D eigenvalue weighted by Gasteiger charge is -2.46. The molecule has 3 rings (SSSR count). The first kappa shape index (κ1) is 21.8. The lowest BCUT2D eigenvalue weighted by atomic mass is 9.65. The molecule has 1 aromatic carbocycles. The van der Waals surface area contributed by atoms with Gasteiger partial charge < -0.3 is 10.0 Å². The maximum absolute atomic E-state index is 13.8. The molecule has 3 nitrogen and oxygen atoms in total. The van der Waals surface area contributed by atoms with Crippen LogP contribution in [0, 0.1) is 11.3 Å². The van der Waals surface area contributed by atoms with Gasteiger partial charge in [-0.1, -0.05) is 0 Å². The summed E-state index contributed by atoms with van der Waals surface area (Å²) >= 11 is 0. The zero-order chi connectivity index (χ0) is 21.4. The second-order valence-electron chi connectivity index (χ2n) is 8.68. The summed E-state index contributed by atoms with van der Waals surface area (Å²) in [6.45, 7) is 1.63. The van der Waals surface area contributed by atoms with Gasteiger partial charge >= 0.3 is 12.1 Å². The minimum Gasteiger partial charge on any atom is -0.481 e. The predicted molar refractivity (Wildman–Crippen MR) is 99.1 cm³/mol. The lowest BCUT2D eigenvalue weighted by Crippen LogP contribution is -2.42. The third kappa shape index (κ3) is 5.20. The van der Waals surface area contributed by atoms with E-state index < -0.39 is 29.2 Å². The Bertz CT molecular complexity index is 706. The molecule has 0 amide bonds. The standard InChI is InChI=1S/C21H26F5NO2/c1-19(22,23)15-11-16(21(24,25)26)13-17(12-15)27-8-6-20(7-9-27)4-2-14(3-5-20)10-18(28)29/h11-14H,2-10H2,1H3,(H,28,29). The number of piperidine rings is 1. The van der Waals surface area contributed by atoms with E-state index in [1.807, 2.05) is 0 Å². The van der Waals surface area contributed by atoms with Gasteiger partial charge in [0.1, 0.15) is 0 Å². The molecule has 1 saturated carbocycles. The first-order valence-corrected chi connectivity index (χ1v) is 9.95. The summed E-state index contributed by atoms with van der Waals surface area (Å²) in [5.74, 6) is -3.95. The van der Waals surface area contributed by atoms with Gasteiger partial charge in [-0.2, -0.15) is 13.2 Å². The van der Waals surface area contributed by atoms with Crippen LogP contribution >= 0.6 is 0 Å². The molecular formula is C21H26F5NO2. The fourth-order valence-corrected chi connectivity index (χ4v) is 4.69. The van der Waals surface area contributed by atoms with Gasteiger partial charge in [-0.3, -0.25) is 4.79 Å². The molecule has 1 aliphatic heterocycles. The van der Waals surface area contributed by atoms with Gasteiger partial charge in [0.15, 0.2) is 0 Å². The Hall–Kier alpha value is -1.86. The summed E-state index contributed by atoms with van der Waals surface area (Å²) in [6.07, 6.45) is 0.585. The molecular weight excluding hydrogens is 393 g/mol. The van der Waals surface area contributed by atoms with Gasteiger partial charge in [-0.05, 0) is 68.1 Å². The van der Waals surface area contributed by atoms with Crippen molar-refractivity contribution in [1.29, 1.82) is 0 Å². The van der Waals surface area contributed by atoms with E-state index in [-0.39, 0.29) is 23.4 Å². The fourth-order valence-electron chi connectivity index (χ4n) is 4.69. The Morgan fingerprint density at radius 1 is 1.03 bits per heavy atom. The van der Waals surface area contributed by atoms with E-state index in [9.17, 15) is 26.7 Å². The zero-order valence-electron chi connectivity index (χ0n) is 16.4. The van der Waals surface area contributed by atoms with E-state index in [0.717, 1.165) is 50.7 Å². The zero-order valence-corrected chi connectivity index (χ0v) is 16.4. The highest BCUT2D eigenvalue weighted by Gasteiger charge is 2.40. The van der Waals surface area contributed by atoms with Crippen molar-refractivity contribution in [1.82, 2.24) is 0 Å². The van der Waals surface area contributed by atoms with Gasteiger partial charge in [0, 0.05) is 37.7 Å². The molecule has 1 saturated heterocycles. The molecule has 0 radical (unpaired) electrons. The average Bonchev–Trinajstić information content (AvgIpc) is 2.62. The predicted octanol–water partition coefficient (Wildman–Crippen LogP) is 6.07. The van der Waals surface area contributed by atoms with Crippen LogP contribution in [0.2, 0.25) is 0 Å². The van der Waals surface area contributed by atoms with Gasteiger partial charge in [0.2, 0.25) is 0 Å². The number of rotatable bonds is 4. The molecule has 1 aliphatic carbocycles. The quantitative estimate of drug-likeness (QED) is 0.603. The van der Waals surface area contributed by atoms with E-state index in [1.54, 1.807) is 4.90 Å². The number of halogens is 5. The molecule has 1 aromatic rings. The Kier molecular flexibility index (Phi) is 5.84. The van der Waals surface area contributed by atoms with Crippen LogP contribution in [-0.4, -0.2) is 24.2 Å². The summed E-state index contributed by atoms with van der Waals surface area (Å²) in [5.41, 5.74) is -1.41. The van der Waals surface area contributed by atoms with Crippen molar-refractivity contribution < 1.29 is 31.9 Å². The van der Waals surface area contributed by atoms with Crippen molar-refractivity contribution in [3.63, 3.8) is 0 Å². The Balaban J connectivity index is 1.72. The number of aliphatic carboxylic acids is 1. The Morgan fingerprint density at radius 2 is 1.59 bits per heavy atom. The van der Waals surface area contributed by atoms with Crippen molar-refractivity contribution in [2.24, 2.45) is 11.3 Å². The van der Waals surface area contributed by atoms with Crippen molar-refractivity contribution in [2.75, 3.05) is 18.0 Å². The second kappa shape index (κ2) is 7.76. The van der Waals surface area contributed by atoms with Gasteiger partial charge in [-0.15, -0.1) is 0 Å². The van der Waals surface area contributed by atoms with Crippen LogP contribution in [0.5, 0.6) is 0 Å². The molecule has 2 fully saturated rings. The summed E-state index contributed by atoms with van der Waals surface area (Å²) in [4.78, 5) is 12.7. The highest BCUT2D eigenvalue weighted by atomic mass is 19.4. The SMILES string of the molecule is CC(F)(F)c1cc(N2CCC3(CCC(CC(=O)O)CC3)CC2)cc(C(F)(F)F)c1. The number of carboxylic acids is 1. The number of benzene rings is 1. The van der Waals surface area contributed by atoms with Crippen LogP contribution in [0.4, 0.5) is 27.6 Å². The minimum atomic E-state index is -4.68. The third-order valence-corrected chi connectivity index (χ3v) is 6.57. The molecule has 29 heavy (non-hydrogen) atoms. The van der Waals surface area contributed by atoms with Crippen LogP contribution in [0.25, 0.3) is 0 Å². The first-order valence-electron chi connectivity index (χ1n) is 9.95. The lowest BCUT2D eigenvalue weighted by molar-refractivity contribution is -0.139. The molecule has 0 bridgehead atoms. The average molecular weight is 419 g/mol. The van der Waals surface area contributed by atoms with Crippen molar-refractivity contribution >= 4 is 11.7 Å². The monoisotopic (exact) mass is 419 g/mol. The number of nitrogens with zero attached hydrogens (tertiary/aromatic N) is 1. The number of hydrogen-bond donors (Lipinski definition) is 1. The normalized spacial score (nSPS) is 20.8. The Labute approximate surface area is 166 Å². The summed E-state index contributed by atoms with van der Waals surface area (Å²) < 4.78 is 67.1. The van der Waals surface area contributed by atoms with Crippen molar-refractivity contribution in [3.8, 4) is 0 Å². The fraction of sp³-hybridized carbons (Fsp3) is 0.667. The molecule has 1 N–H and O–H groups in total.